The van der Waals surface area contributed by atoms with Gasteiger partial charge in [0.2, 0.25) is 0 Å². The van der Waals surface area contributed by atoms with Gasteiger partial charge in [0.15, 0.2) is 0 Å². The average Bonchev–Trinajstić information content (AvgIpc) is 2.52. The van der Waals surface area contributed by atoms with Crippen LogP contribution in [0.15, 0.2) is 59.8 Å². The van der Waals surface area contributed by atoms with Crippen molar-refractivity contribution in [1.82, 2.24) is 0 Å². The normalized spacial score (nSPS) is 11.3. The van der Waals surface area contributed by atoms with Crippen LogP contribution in [-0.4, -0.2) is 17.5 Å². The summed E-state index contributed by atoms with van der Waals surface area (Å²) in [5, 5.41) is 12.1. The van der Waals surface area contributed by atoms with Gasteiger partial charge in [-0.05, 0) is 37.5 Å². The molecule has 0 heterocycles. The third-order valence-corrected chi connectivity index (χ3v) is 3.14. The monoisotopic (exact) mass is 269 g/mol. The molecule has 2 aromatic rings. The summed E-state index contributed by atoms with van der Waals surface area (Å²) < 4.78 is 5.79. The Morgan fingerprint density at radius 1 is 1.05 bits per heavy atom. The van der Waals surface area contributed by atoms with E-state index < -0.39 is 0 Å². The van der Waals surface area contributed by atoms with Gasteiger partial charge in [0.05, 0.1) is 12.3 Å². The number of aryl methyl sites for hydroxylation is 1. The summed E-state index contributed by atoms with van der Waals surface area (Å²) in [4.78, 5) is 0. The number of benzene rings is 2. The smallest absolute Gasteiger partial charge is 0.128 e. The summed E-state index contributed by atoms with van der Waals surface area (Å²) in [5.41, 5.74) is 2.70. The molecule has 0 bridgehead atoms. The fraction of sp³-hybridized carbons (Fsp3) is 0.235. The molecule has 0 fully saturated rings. The van der Waals surface area contributed by atoms with Gasteiger partial charge in [-0.3, -0.25) is 0 Å². The van der Waals surface area contributed by atoms with Crippen LogP contribution < -0.4 is 4.74 Å². The highest BCUT2D eigenvalue weighted by molar-refractivity contribution is 6.00. The van der Waals surface area contributed by atoms with E-state index in [4.69, 9.17) is 9.94 Å². The first-order valence-corrected chi connectivity index (χ1v) is 6.76. The van der Waals surface area contributed by atoms with E-state index in [2.05, 4.69) is 17.3 Å². The second kappa shape index (κ2) is 7.34. The van der Waals surface area contributed by atoms with Gasteiger partial charge in [0.1, 0.15) is 5.75 Å². The highest BCUT2D eigenvalue weighted by Crippen LogP contribution is 2.19. The Hall–Kier alpha value is -2.29. The van der Waals surface area contributed by atoms with Crippen molar-refractivity contribution in [1.29, 1.82) is 0 Å². The van der Waals surface area contributed by atoms with Gasteiger partial charge in [0.25, 0.3) is 0 Å². The first-order valence-electron chi connectivity index (χ1n) is 6.76. The van der Waals surface area contributed by atoms with Gasteiger partial charge in [-0.15, -0.1) is 0 Å². The number of hydrogen-bond donors (Lipinski definition) is 1. The molecule has 0 aromatic heterocycles. The molecular weight excluding hydrogens is 250 g/mol. The van der Waals surface area contributed by atoms with Crippen LogP contribution in [0.1, 0.15) is 24.5 Å². The molecule has 2 rings (SSSR count). The van der Waals surface area contributed by atoms with Gasteiger partial charge in [-0.25, -0.2) is 0 Å². The Morgan fingerprint density at radius 2 is 1.75 bits per heavy atom. The first-order chi connectivity index (χ1) is 9.81. The van der Waals surface area contributed by atoms with E-state index in [1.165, 1.54) is 5.56 Å². The standard InChI is InChI=1S/C17H19NO2/c1-14(18-19)16-11-5-6-12-17(16)20-13-7-10-15-8-3-2-4-9-15/h2-6,8-9,11-12,19H,7,10,13H2,1H3/b18-14+. The number of nitrogens with zero attached hydrogens (tertiary/aromatic N) is 1. The highest BCUT2D eigenvalue weighted by atomic mass is 16.5. The summed E-state index contributed by atoms with van der Waals surface area (Å²) in [6.45, 7) is 2.40. The van der Waals surface area contributed by atoms with Crippen LogP contribution in [0.4, 0.5) is 0 Å². The van der Waals surface area contributed by atoms with E-state index in [9.17, 15) is 0 Å². The van der Waals surface area contributed by atoms with Crippen LogP contribution in [0, 0.1) is 0 Å². The zero-order valence-electron chi connectivity index (χ0n) is 11.6. The second-order valence-electron chi connectivity index (χ2n) is 4.62. The van der Waals surface area contributed by atoms with Crippen LogP contribution in [0.5, 0.6) is 5.75 Å². The molecule has 1 N–H and O–H groups in total. The molecule has 0 saturated heterocycles. The molecule has 0 spiro atoms. The predicted octanol–water partition coefficient (Wildman–Crippen LogP) is 3.90. The lowest BCUT2D eigenvalue weighted by atomic mass is 10.1. The van der Waals surface area contributed by atoms with E-state index in [0.29, 0.717) is 12.3 Å². The lowest BCUT2D eigenvalue weighted by Gasteiger charge is -2.10. The molecule has 0 aliphatic heterocycles. The summed E-state index contributed by atoms with van der Waals surface area (Å²) >= 11 is 0. The van der Waals surface area contributed by atoms with Crippen LogP contribution >= 0.6 is 0 Å². The number of oxime groups is 1. The molecule has 0 amide bonds. The SMILES string of the molecule is C/C(=N\O)c1ccccc1OCCCc1ccccc1. The molecule has 0 saturated carbocycles. The minimum atomic E-state index is 0.559. The van der Waals surface area contributed by atoms with Gasteiger partial charge < -0.3 is 9.94 Å². The van der Waals surface area contributed by atoms with E-state index >= 15 is 0 Å². The van der Waals surface area contributed by atoms with Gasteiger partial charge >= 0.3 is 0 Å². The zero-order valence-corrected chi connectivity index (χ0v) is 11.6. The zero-order chi connectivity index (χ0) is 14.2. The maximum atomic E-state index is 8.87. The first kappa shape index (κ1) is 14.1. The third-order valence-electron chi connectivity index (χ3n) is 3.14. The molecule has 3 nitrogen and oxygen atoms in total. The molecular formula is C17H19NO2. The maximum Gasteiger partial charge on any atom is 0.128 e. The van der Waals surface area contributed by atoms with E-state index in [1.807, 2.05) is 42.5 Å². The Bertz CT molecular complexity index is 564. The van der Waals surface area contributed by atoms with Gasteiger partial charge in [-0.2, -0.15) is 0 Å². The third kappa shape index (κ3) is 3.85. The second-order valence-corrected chi connectivity index (χ2v) is 4.62. The lowest BCUT2D eigenvalue weighted by Crippen LogP contribution is -2.04. The predicted molar refractivity (Wildman–Crippen MR) is 80.7 cm³/mol. The molecule has 20 heavy (non-hydrogen) atoms. The van der Waals surface area contributed by atoms with E-state index in [1.54, 1.807) is 6.92 Å². The maximum absolute atomic E-state index is 8.87. The molecule has 3 heteroatoms. The molecule has 0 radical (unpaired) electrons. The lowest BCUT2D eigenvalue weighted by molar-refractivity contribution is 0.307. The molecule has 0 aliphatic rings. The van der Waals surface area contributed by atoms with Crippen molar-refractivity contribution in [2.45, 2.75) is 19.8 Å². The Morgan fingerprint density at radius 3 is 2.50 bits per heavy atom. The van der Waals surface area contributed by atoms with Crippen molar-refractivity contribution in [3.8, 4) is 5.75 Å². The highest BCUT2D eigenvalue weighted by Gasteiger charge is 2.06. The Kier molecular flexibility index (Phi) is 5.18. The number of ether oxygens (including phenoxy) is 1. The molecule has 0 aliphatic carbocycles. The Balaban J connectivity index is 1.88. The van der Waals surface area contributed by atoms with Crippen LogP contribution in [0.25, 0.3) is 0 Å². The van der Waals surface area contributed by atoms with Crippen molar-refractivity contribution in [3.63, 3.8) is 0 Å². The summed E-state index contributed by atoms with van der Waals surface area (Å²) in [5.74, 6) is 0.760. The fourth-order valence-corrected chi connectivity index (χ4v) is 2.05. The summed E-state index contributed by atoms with van der Waals surface area (Å²) in [7, 11) is 0. The number of para-hydroxylation sites is 1. The molecule has 2 aromatic carbocycles. The van der Waals surface area contributed by atoms with Crippen LogP contribution in [0.3, 0.4) is 0 Å². The average molecular weight is 269 g/mol. The number of rotatable bonds is 6. The Labute approximate surface area is 119 Å². The minimum Gasteiger partial charge on any atom is -0.493 e. The molecule has 0 atom stereocenters. The van der Waals surface area contributed by atoms with Crippen molar-refractivity contribution >= 4 is 5.71 Å². The van der Waals surface area contributed by atoms with Crippen LogP contribution in [0.2, 0.25) is 0 Å². The molecule has 0 unspecified atom stereocenters. The van der Waals surface area contributed by atoms with Crippen molar-refractivity contribution in [2.75, 3.05) is 6.61 Å². The van der Waals surface area contributed by atoms with Crippen molar-refractivity contribution < 1.29 is 9.94 Å². The summed E-state index contributed by atoms with van der Waals surface area (Å²) in [6, 6.07) is 18.0. The van der Waals surface area contributed by atoms with Crippen LogP contribution in [-0.2, 0) is 6.42 Å². The van der Waals surface area contributed by atoms with Crippen molar-refractivity contribution in [3.05, 3.63) is 65.7 Å². The van der Waals surface area contributed by atoms with Gasteiger partial charge in [0, 0.05) is 5.56 Å². The topological polar surface area (TPSA) is 41.8 Å². The fourth-order valence-electron chi connectivity index (χ4n) is 2.05. The van der Waals surface area contributed by atoms with Crippen molar-refractivity contribution in [2.24, 2.45) is 5.16 Å². The largest absolute Gasteiger partial charge is 0.493 e. The van der Waals surface area contributed by atoms with Gasteiger partial charge in [-0.1, -0.05) is 47.6 Å². The van der Waals surface area contributed by atoms with E-state index in [-0.39, 0.29) is 0 Å². The molecule has 104 valence electrons. The minimum absolute atomic E-state index is 0.559. The summed E-state index contributed by atoms with van der Waals surface area (Å²) in [6.07, 6.45) is 1.95. The number of hydrogen-bond acceptors (Lipinski definition) is 3. The van der Waals surface area contributed by atoms with E-state index in [0.717, 1.165) is 24.2 Å². The quantitative estimate of drug-likeness (QED) is 0.374.